The average Bonchev–Trinajstić information content (AvgIpc) is 2.72. The lowest BCUT2D eigenvalue weighted by Gasteiger charge is -2.17. The van der Waals surface area contributed by atoms with Crippen molar-refractivity contribution in [2.24, 2.45) is 11.8 Å². The number of nitrogens with one attached hydrogen (secondary N) is 2. The van der Waals surface area contributed by atoms with E-state index in [9.17, 15) is 0 Å². The Morgan fingerprint density at radius 3 is 1.50 bits per heavy atom. The van der Waals surface area contributed by atoms with E-state index < -0.39 is 0 Å². The fourth-order valence-electron chi connectivity index (χ4n) is 1.97. The molecule has 2 aliphatic rings. The van der Waals surface area contributed by atoms with Crippen molar-refractivity contribution in [3.8, 4) is 0 Å². The van der Waals surface area contributed by atoms with Gasteiger partial charge in [-0.05, 0) is 24.9 Å². The second kappa shape index (κ2) is 5.10. The third-order valence-corrected chi connectivity index (χ3v) is 6.88. The Bertz CT molecular complexity index is 169. The van der Waals surface area contributed by atoms with Crippen molar-refractivity contribution in [2.45, 2.75) is 24.3 Å². The van der Waals surface area contributed by atoms with Gasteiger partial charge < -0.3 is 10.6 Å². The monoisotopic (exact) mass is 232 g/mol. The number of hydrogen-bond acceptors (Lipinski definition) is 4. The highest BCUT2D eigenvalue weighted by Crippen LogP contribution is 2.39. The van der Waals surface area contributed by atoms with Gasteiger partial charge in [0.1, 0.15) is 0 Å². The van der Waals surface area contributed by atoms with Crippen molar-refractivity contribution in [3.05, 3.63) is 0 Å². The van der Waals surface area contributed by atoms with Crippen LogP contribution in [0.5, 0.6) is 0 Å². The van der Waals surface area contributed by atoms with E-state index in [0.29, 0.717) is 0 Å². The highest BCUT2D eigenvalue weighted by Gasteiger charge is 2.28. The lowest BCUT2D eigenvalue weighted by molar-refractivity contribution is 0.661. The molecule has 0 radical (unpaired) electrons. The molecule has 0 bridgehead atoms. The Hall–Kier alpha value is 0.620. The Labute approximate surface area is 94.8 Å². The summed E-state index contributed by atoms with van der Waals surface area (Å²) in [5.74, 6) is 1.69. The van der Waals surface area contributed by atoms with E-state index >= 15 is 0 Å². The molecule has 2 heterocycles. The van der Waals surface area contributed by atoms with Crippen LogP contribution in [-0.4, -0.2) is 36.7 Å². The zero-order chi connectivity index (χ0) is 9.97. The molecule has 0 aromatic heterocycles. The molecule has 2 fully saturated rings. The fourth-order valence-corrected chi connectivity index (χ4v) is 5.60. The molecule has 0 amide bonds. The first-order valence-corrected chi connectivity index (χ1v) is 7.78. The van der Waals surface area contributed by atoms with Crippen LogP contribution in [0.3, 0.4) is 0 Å². The topological polar surface area (TPSA) is 24.1 Å². The normalized spacial score (nSPS) is 43.3. The summed E-state index contributed by atoms with van der Waals surface area (Å²) in [5.41, 5.74) is 0. The van der Waals surface area contributed by atoms with Crippen molar-refractivity contribution in [1.82, 2.24) is 10.6 Å². The van der Waals surface area contributed by atoms with E-state index in [0.717, 1.165) is 22.3 Å². The molecule has 0 saturated carbocycles. The van der Waals surface area contributed by atoms with Gasteiger partial charge in [-0.3, -0.25) is 0 Å². The Morgan fingerprint density at radius 2 is 1.21 bits per heavy atom. The summed E-state index contributed by atoms with van der Waals surface area (Å²) < 4.78 is 0. The Kier molecular flexibility index (Phi) is 4.05. The molecule has 4 unspecified atom stereocenters. The molecule has 0 aliphatic carbocycles. The summed E-state index contributed by atoms with van der Waals surface area (Å²) in [5, 5.41) is 8.57. The van der Waals surface area contributed by atoms with Gasteiger partial charge in [0, 0.05) is 23.6 Å². The fraction of sp³-hybridized carbons (Fsp3) is 1.00. The second-order valence-corrected chi connectivity index (χ2v) is 7.29. The molecule has 82 valence electrons. The molecule has 0 aromatic rings. The largest absolute Gasteiger partial charge is 0.315 e. The summed E-state index contributed by atoms with van der Waals surface area (Å²) in [7, 11) is 4.21. The molecule has 2 saturated heterocycles. The van der Waals surface area contributed by atoms with Crippen LogP contribution in [-0.2, 0) is 0 Å². The van der Waals surface area contributed by atoms with Gasteiger partial charge in [-0.25, -0.2) is 0 Å². The predicted octanol–water partition coefficient (Wildman–Crippen LogP) is 1.58. The van der Waals surface area contributed by atoms with Gasteiger partial charge in [0.25, 0.3) is 0 Å². The van der Waals surface area contributed by atoms with Gasteiger partial charge >= 0.3 is 0 Å². The smallest absolute Gasteiger partial charge is 0.0314 e. The van der Waals surface area contributed by atoms with Crippen LogP contribution in [0.1, 0.15) is 13.8 Å². The lowest BCUT2D eigenvalue weighted by atomic mass is 10.1. The average molecular weight is 232 g/mol. The summed E-state index contributed by atoms with van der Waals surface area (Å²) in [6, 6.07) is 0. The van der Waals surface area contributed by atoms with Crippen LogP contribution < -0.4 is 10.6 Å². The van der Waals surface area contributed by atoms with E-state index in [1.165, 1.54) is 26.2 Å². The maximum atomic E-state index is 3.46. The Morgan fingerprint density at radius 1 is 0.786 bits per heavy atom. The maximum Gasteiger partial charge on any atom is 0.0314 e. The van der Waals surface area contributed by atoms with E-state index in [1.54, 1.807) is 0 Å². The molecule has 0 aromatic carbocycles. The molecule has 2 nitrogen and oxygen atoms in total. The zero-order valence-corrected chi connectivity index (χ0v) is 10.6. The van der Waals surface area contributed by atoms with E-state index in [-0.39, 0.29) is 0 Å². The highest BCUT2D eigenvalue weighted by molar-refractivity contribution is 8.77. The summed E-state index contributed by atoms with van der Waals surface area (Å²) in [6.07, 6.45) is 0. The molecule has 0 spiro atoms. The van der Waals surface area contributed by atoms with E-state index in [1.807, 2.05) is 0 Å². The predicted molar refractivity (Wildman–Crippen MR) is 66.8 cm³/mol. The molecule has 2 aliphatic heterocycles. The van der Waals surface area contributed by atoms with Gasteiger partial charge in [-0.2, -0.15) is 0 Å². The van der Waals surface area contributed by atoms with Crippen LogP contribution in [0.25, 0.3) is 0 Å². The quantitative estimate of drug-likeness (QED) is 0.722. The minimum Gasteiger partial charge on any atom is -0.315 e. The molecular weight excluding hydrogens is 212 g/mol. The molecule has 2 rings (SSSR count). The first-order chi connectivity index (χ1) is 6.77. The van der Waals surface area contributed by atoms with Gasteiger partial charge in [0.05, 0.1) is 0 Å². The van der Waals surface area contributed by atoms with Crippen molar-refractivity contribution >= 4 is 21.6 Å². The van der Waals surface area contributed by atoms with Crippen molar-refractivity contribution in [1.29, 1.82) is 0 Å². The first kappa shape index (κ1) is 11.1. The van der Waals surface area contributed by atoms with Crippen LogP contribution in [0.2, 0.25) is 0 Å². The summed E-state index contributed by atoms with van der Waals surface area (Å²) in [4.78, 5) is 0. The molecule has 4 heteroatoms. The minimum absolute atomic E-state index is 0.827. The third-order valence-electron chi connectivity index (χ3n) is 3.20. The van der Waals surface area contributed by atoms with Gasteiger partial charge in [0.15, 0.2) is 0 Å². The highest BCUT2D eigenvalue weighted by atomic mass is 33.1. The van der Waals surface area contributed by atoms with Crippen LogP contribution in [0.15, 0.2) is 0 Å². The van der Waals surface area contributed by atoms with E-state index in [2.05, 4.69) is 46.1 Å². The van der Waals surface area contributed by atoms with Crippen LogP contribution in [0, 0.1) is 11.8 Å². The number of rotatable bonds is 3. The van der Waals surface area contributed by atoms with E-state index in [4.69, 9.17) is 0 Å². The third kappa shape index (κ3) is 2.60. The van der Waals surface area contributed by atoms with Gasteiger partial charge in [-0.15, -0.1) is 0 Å². The van der Waals surface area contributed by atoms with Crippen LogP contribution >= 0.6 is 21.6 Å². The van der Waals surface area contributed by atoms with Crippen molar-refractivity contribution < 1.29 is 0 Å². The molecular formula is C10H20N2S2. The zero-order valence-electron chi connectivity index (χ0n) is 8.95. The molecule has 2 N–H and O–H groups in total. The molecule has 14 heavy (non-hydrogen) atoms. The molecule has 4 atom stereocenters. The van der Waals surface area contributed by atoms with Crippen molar-refractivity contribution in [3.63, 3.8) is 0 Å². The van der Waals surface area contributed by atoms with Gasteiger partial charge in [-0.1, -0.05) is 35.4 Å². The van der Waals surface area contributed by atoms with Gasteiger partial charge in [0.2, 0.25) is 0 Å². The maximum absolute atomic E-state index is 3.46. The first-order valence-electron chi connectivity index (χ1n) is 5.51. The summed E-state index contributed by atoms with van der Waals surface area (Å²) >= 11 is 0. The SMILES string of the molecule is CC1CNCC1SSC1CNCC1C. The standard InChI is InChI=1S/C10H20N2S2/c1-7-3-11-5-9(7)13-14-10-6-12-4-8(10)2/h7-12H,3-6H2,1-2H3. The lowest BCUT2D eigenvalue weighted by Crippen LogP contribution is -2.15. The summed E-state index contributed by atoms with van der Waals surface area (Å²) in [6.45, 7) is 9.53. The van der Waals surface area contributed by atoms with Crippen molar-refractivity contribution in [2.75, 3.05) is 26.2 Å². The minimum atomic E-state index is 0.827. The van der Waals surface area contributed by atoms with Crippen LogP contribution in [0.4, 0.5) is 0 Å². The number of hydrogen-bond donors (Lipinski definition) is 2. The second-order valence-electron chi connectivity index (χ2n) is 4.54. The Balaban J connectivity index is 1.71.